The summed E-state index contributed by atoms with van der Waals surface area (Å²) in [6.45, 7) is 3.07. The van der Waals surface area contributed by atoms with Gasteiger partial charge in [-0.1, -0.05) is 0 Å². The first-order valence-corrected chi connectivity index (χ1v) is 6.14. The first kappa shape index (κ1) is 11.2. The summed E-state index contributed by atoms with van der Waals surface area (Å²) in [5, 5.41) is 7.54. The van der Waals surface area contributed by atoms with Crippen LogP contribution >= 0.6 is 0 Å². The van der Waals surface area contributed by atoms with Crippen LogP contribution in [0.1, 0.15) is 24.2 Å². The Balaban J connectivity index is 1.94. The lowest BCUT2D eigenvalue weighted by molar-refractivity contribution is 0.324. The number of nitrogen functional groups attached to an aromatic ring is 1. The molecule has 0 aliphatic carbocycles. The molecule has 3 rings (SSSR count). The number of pyridine rings is 1. The molecule has 0 amide bonds. The van der Waals surface area contributed by atoms with E-state index in [1.54, 1.807) is 12.3 Å². The van der Waals surface area contributed by atoms with E-state index in [0.29, 0.717) is 16.7 Å². The van der Waals surface area contributed by atoms with Crippen molar-refractivity contribution in [2.24, 2.45) is 5.73 Å². The Morgan fingerprint density at radius 3 is 2.94 bits per heavy atom. The first-order chi connectivity index (χ1) is 8.74. The Hall–Kier alpha value is -1.95. The average molecular weight is 244 g/mol. The monoisotopic (exact) mass is 244 g/mol. The minimum absolute atomic E-state index is 0.0293. The SMILES string of the molecule is N=C(N)c1ccnc2[nH]c(CN3CCCC3)nc12. The molecule has 2 aromatic rings. The van der Waals surface area contributed by atoms with Gasteiger partial charge in [-0.2, -0.15) is 0 Å². The van der Waals surface area contributed by atoms with Crippen LogP contribution in [0.15, 0.2) is 12.3 Å². The molecule has 1 fully saturated rings. The van der Waals surface area contributed by atoms with Crippen molar-refractivity contribution in [2.45, 2.75) is 19.4 Å². The van der Waals surface area contributed by atoms with E-state index < -0.39 is 0 Å². The van der Waals surface area contributed by atoms with Crippen molar-refractivity contribution in [3.63, 3.8) is 0 Å². The molecule has 0 unspecified atom stereocenters. The number of likely N-dealkylation sites (tertiary alicyclic amines) is 1. The molecule has 6 nitrogen and oxygen atoms in total. The van der Waals surface area contributed by atoms with Crippen LogP contribution in [0.2, 0.25) is 0 Å². The Morgan fingerprint density at radius 2 is 2.22 bits per heavy atom. The molecule has 94 valence electrons. The fourth-order valence-corrected chi connectivity index (χ4v) is 2.40. The van der Waals surface area contributed by atoms with Gasteiger partial charge in [0.25, 0.3) is 0 Å². The zero-order valence-corrected chi connectivity index (χ0v) is 10.1. The minimum atomic E-state index is 0.0293. The molecule has 0 aromatic carbocycles. The normalized spacial score (nSPS) is 16.4. The largest absolute Gasteiger partial charge is 0.384 e. The molecule has 3 heterocycles. The Bertz CT molecular complexity index is 581. The number of aromatic amines is 1. The standard InChI is InChI=1S/C12H16N6/c13-11(14)8-3-4-15-12-10(8)16-9(17-12)7-18-5-1-2-6-18/h3-4H,1-2,5-7H2,(H3,13,14)(H,15,16,17). The van der Waals surface area contributed by atoms with Crippen LogP contribution in [0, 0.1) is 5.41 Å². The lowest BCUT2D eigenvalue weighted by Gasteiger charge is -2.11. The van der Waals surface area contributed by atoms with Crippen molar-refractivity contribution in [2.75, 3.05) is 13.1 Å². The lowest BCUT2D eigenvalue weighted by atomic mass is 10.2. The van der Waals surface area contributed by atoms with Crippen molar-refractivity contribution in [3.05, 3.63) is 23.7 Å². The highest BCUT2D eigenvalue weighted by Gasteiger charge is 2.15. The van der Waals surface area contributed by atoms with Crippen LogP contribution in [-0.4, -0.2) is 38.8 Å². The molecule has 0 atom stereocenters. The molecule has 1 saturated heterocycles. The number of fused-ring (bicyclic) bond motifs is 1. The van der Waals surface area contributed by atoms with E-state index in [-0.39, 0.29) is 5.84 Å². The van der Waals surface area contributed by atoms with Gasteiger partial charge in [-0.3, -0.25) is 10.3 Å². The molecule has 18 heavy (non-hydrogen) atoms. The molecule has 0 saturated carbocycles. The van der Waals surface area contributed by atoms with Gasteiger partial charge in [-0.25, -0.2) is 9.97 Å². The number of nitrogens with zero attached hydrogens (tertiary/aromatic N) is 3. The topological polar surface area (TPSA) is 94.7 Å². The first-order valence-electron chi connectivity index (χ1n) is 6.14. The number of aromatic nitrogens is 3. The van der Waals surface area contributed by atoms with Gasteiger partial charge in [0.05, 0.1) is 6.54 Å². The number of hydrogen-bond acceptors (Lipinski definition) is 4. The maximum atomic E-state index is 7.54. The van der Waals surface area contributed by atoms with Crippen LogP contribution in [0.5, 0.6) is 0 Å². The summed E-state index contributed by atoms with van der Waals surface area (Å²) in [5.74, 6) is 0.926. The van der Waals surface area contributed by atoms with E-state index in [1.807, 2.05) is 0 Å². The zero-order valence-electron chi connectivity index (χ0n) is 10.1. The summed E-state index contributed by atoms with van der Waals surface area (Å²) in [6, 6.07) is 1.73. The fourth-order valence-electron chi connectivity index (χ4n) is 2.40. The highest BCUT2D eigenvalue weighted by Crippen LogP contribution is 2.16. The molecule has 1 aliphatic heterocycles. The number of imidazole rings is 1. The molecule has 2 aromatic heterocycles. The summed E-state index contributed by atoms with van der Waals surface area (Å²) in [7, 11) is 0. The summed E-state index contributed by atoms with van der Waals surface area (Å²) < 4.78 is 0. The smallest absolute Gasteiger partial charge is 0.158 e. The molecule has 0 bridgehead atoms. The van der Waals surface area contributed by atoms with Crippen LogP contribution in [0.4, 0.5) is 0 Å². The molecule has 6 heteroatoms. The van der Waals surface area contributed by atoms with E-state index >= 15 is 0 Å². The number of nitrogens with one attached hydrogen (secondary N) is 2. The Labute approximate surface area is 105 Å². The van der Waals surface area contributed by atoms with Gasteiger partial charge < -0.3 is 10.7 Å². The highest BCUT2D eigenvalue weighted by atomic mass is 15.2. The molecule has 0 spiro atoms. The summed E-state index contributed by atoms with van der Waals surface area (Å²) in [5.41, 5.74) is 7.59. The second-order valence-electron chi connectivity index (χ2n) is 4.64. The number of hydrogen-bond donors (Lipinski definition) is 3. The minimum Gasteiger partial charge on any atom is -0.384 e. The van der Waals surface area contributed by atoms with Crippen molar-refractivity contribution in [3.8, 4) is 0 Å². The quantitative estimate of drug-likeness (QED) is 0.550. The lowest BCUT2D eigenvalue weighted by Crippen LogP contribution is -2.19. The van der Waals surface area contributed by atoms with Crippen molar-refractivity contribution in [1.82, 2.24) is 19.9 Å². The third-order valence-electron chi connectivity index (χ3n) is 3.30. The fraction of sp³-hybridized carbons (Fsp3) is 0.417. The van der Waals surface area contributed by atoms with E-state index in [1.165, 1.54) is 12.8 Å². The van der Waals surface area contributed by atoms with E-state index in [0.717, 1.165) is 25.5 Å². The summed E-state index contributed by atoms with van der Waals surface area (Å²) in [4.78, 5) is 14.3. The van der Waals surface area contributed by atoms with Gasteiger partial charge in [0, 0.05) is 11.8 Å². The summed E-state index contributed by atoms with van der Waals surface area (Å²) in [6.07, 6.45) is 4.17. The molecular formula is C12H16N6. The third-order valence-corrected chi connectivity index (χ3v) is 3.30. The third kappa shape index (κ3) is 1.95. The van der Waals surface area contributed by atoms with Gasteiger partial charge in [-0.05, 0) is 32.0 Å². The highest BCUT2D eigenvalue weighted by molar-refractivity contribution is 6.04. The second kappa shape index (κ2) is 4.38. The Kier molecular flexibility index (Phi) is 2.71. The van der Waals surface area contributed by atoms with Crippen LogP contribution < -0.4 is 5.73 Å². The van der Waals surface area contributed by atoms with Crippen LogP contribution in [0.3, 0.4) is 0 Å². The molecule has 0 radical (unpaired) electrons. The maximum Gasteiger partial charge on any atom is 0.158 e. The van der Waals surface area contributed by atoms with Crippen molar-refractivity contribution >= 4 is 17.0 Å². The van der Waals surface area contributed by atoms with Gasteiger partial charge in [0.2, 0.25) is 0 Å². The zero-order chi connectivity index (χ0) is 12.5. The average Bonchev–Trinajstić information content (AvgIpc) is 2.96. The Morgan fingerprint density at radius 1 is 1.44 bits per heavy atom. The van der Waals surface area contributed by atoms with Gasteiger partial charge >= 0.3 is 0 Å². The van der Waals surface area contributed by atoms with Gasteiger partial charge in [-0.15, -0.1) is 0 Å². The van der Waals surface area contributed by atoms with Gasteiger partial charge in [0.15, 0.2) is 5.65 Å². The summed E-state index contributed by atoms with van der Waals surface area (Å²) >= 11 is 0. The van der Waals surface area contributed by atoms with Crippen molar-refractivity contribution in [1.29, 1.82) is 5.41 Å². The van der Waals surface area contributed by atoms with E-state index in [4.69, 9.17) is 11.1 Å². The number of nitrogens with two attached hydrogens (primary N) is 1. The molecular weight excluding hydrogens is 228 g/mol. The number of rotatable bonds is 3. The van der Waals surface area contributed by atoms with Crippen LogP contribution in [-0.2, 0) is 6.54 Å². The van der Waals surface area contributed by atoms with E-state index in [2.05, 4.69) is 19.9 Å². The molecule has 4 N–H and O–H groups in total. The van der Waals surface area contributed by atoms with Crippen molar-refractivity contribution < 1.29 is 0 Å². The van der Waals surface area contributed by atoms with Gasteiger partial charge in [0.1, 0.15) is 17.2 Å². The predicted molar refractivity (Wildman–Crippen MR) is 69.4 cm³/mol. The number of H-pyrrole nitrogens is 1. The molecule has 1 aliphatic rings. The maximum absolute atomic E-state index is 7.54. The van der Waals surface area contributed by atoms with Crippen LogP contribution in [0.25, 0.3) is 11.2 Å². The predicted octanol–water partition coefficient (Wildman–Crippen LogP) is 0.838. The second-order valence-corrected chi connectivity index (χ2v) is 4.64. The van der Waals surface area contributed by atoms with E-state index in [9.17, 15) is 0 Å². The number of amidine groups is 1.